The summed E-state index contributed by atoms with van der Waals surface area (Å²) in [5, 5.41) is 0. The first-order valence-electron chi connectivity index (χ1n) is 5.34. The summed E-state index contributed by atoms with van der Waals surface area (Å²) in [5.41, 5.74) is 0.415. The first-order chi connectivity index (χ1) is 6.20. The van der Waals surface area contributed by atoms with Crippen molar-refractivity contribution in [3.8, 4) is 0 Å². The van der Waals surface area contributed by atoms with E-state index in [1.54, 1.807) is 0 Å². The van der Waals surface area contributed by atoms with Crippen molar-refractivity contribution in [2.75, 3.05) is 0 Å². The number of carbonyl (C=O) groups is 1. The first kappa shape index (κ1) is 8.98. The van der Waals surface area contributed by atoms with Crippen LogP contribution in [-0.2, 0) is 4.79 Å². The number of ketones is 1. The average Bonchev–Trinajstić information content (AvgIpc) is 2.56. The molecule has 0 aromatic carbocycles. The third-order valence-corrected chi connectivity index (χ3v) is 3.99. The molecule has 0 heterocycles. The normalized spacial score (nSPS) is 42.8. The Hall–Kier alpha value is -0.590. The Bertz CT molecular complexity index is 254. The molecule has 2 rings (SSSR count). The molecule has 1 nitrogen and oxygen atoms in total. The second kappa shape index (κ2) is 2.97. The first-order valence-corrected chi connectivity index (χ1v) is 5.34. The molecule has 0 aliphatic heterocycles. The standard InChI is InChI=1S/C12H18O/c1-3-4-5-6-9-11-10(13)7-8-12(9,11)2/h3-4,9,11H,5-8H2,1-2H3/b4-3+/t9-,11-,12-/m1/s1. The van der Waals surface area contributed by atoms with Gasteiger partial charge in [-0.05, 0) is 37.5 Å². The fourth-order valence-electron chi connectivity index (χ4n) is 3.08. The lowest BCUT2D eigenvalue weighted by Gasteiger charge is -2.05. The van der Waals surface area contributed by atoms with E-state index in [4.69, 9.17) is 0 Å². The van der Waals surface area contributed by atoms with Crippen LogP contribution in [0.2, 0.25) is 0 Å². The third kappa shape index (κ3) is 1.25. The second-order valence-electron chi connectivity index (χ2n) is 4.70. The van der Waals surface area contributed by atoms with Crippen LogP contribution in [0.1, 0.15) is 39.5 Å². The number of allylic oxidation sites excluding steroid dienone is 2. The summed E-state index contributed by atoms with van der Waals surface area (Å²) in [7, 11) is 0. The Kier molecular flexibility index (Phi) is 2.05. The van der Waals surface area contributed by atoms with Gasteiger partial charge in [0.2, 0.25) is 0 Å². The molecule has 0 N–H and O–H groups in total. The van der Waals surface area contributed by atoms with Gasteiger partial charge in [-0.1, -0.05) is 19.1 Å². The highest BCUT2D eigenvalue weighted by molar-refractivity contribution is 5.88. The number of rotatable bonds is 3. The SMILES string of the molecule is C/C=C/CC[C@@H]1[C@@H]2C(=O)CC[C@]12C. The molecule has 0 aromatic rings. The van der Waals surface area contributed by atoms with Crippen molar-refractivity contribution in [1.82, 2.24) is 0 Å². The van der Waals surface area contributed by atoms with Gasteiger partial charge >= 0.3 is 0 Å². The molecule has 3 atom stereocenters. The molecule has 0 spiro atoms. The third-order valence-electron chi connectivity index (χ3n) is 3.99. The van der Waals surface area contributed by atoms with Crippen LogP contribution in [0.5, 0.6) is 0 Å². The van der Waals surface area contributed by atoms with E-state index in [0.29, 0.717) is 23.0 Å². The molecule has 0 saturated heterocycles. The van der Waals surface area contributed by atoms with Crippen LogP contribution in [0.15, 0.2) is 12.2 Å². The van der Waals surface area contributed by atoms with Crippen LogP contribution in [0.25, 0.3) is 0 Å². The lowest BCUT2D eigenvalue weighted by Crippen LogP contribution is -1.99. The minimum atomic E-state index is 0.415. The minimum Gasteiger partial charge on any atom is -0.299 e. The molecule has 2 fully saturated rings. The van der Waals surface area contributed by atoms with E-state index in [9.17, 15) is 4.79 Å². The predicted molar refractivity (Wildman–Crippen MR) is 53.4 cm³/mol. The maximum atomic E-state index is 11.4. The zero-order valence-corrected chi connectivity index (χ0v) is 8.55. The molecule has 13 heavy (non-hydrogen) atoms. The zero-order valence-electron chi connectivity index (χ0n) is 8.55. The lowest BCUT2D eigenvalue weighted by molar-refractivity contribution is -0.119. The van der Waals surface area contributed by atoms with Gasteiger partial charge in [0.25, 0.3) is 0 Å². The fourth-order valence-corrected chi connectivity index (χ4v) is 3.08. The Balaban J connectivity index is 1.89. The highest BCUT2D eigenvalue weighted by Gasteiger charge is 2.66. The van der Waals surface area contributed by atoms with Crippen molar-refractivity contribution in [2.24, 2.45) is 17.3 Å². The molecule has 0 aromatic heterocycles. The molecule has 2 aliphatic carbocycles. The number of hydrogen-bond acceptors (Lipinski definition) is 1. The van der Waals surface area contributed by atoms with Gasteiger partial charge in [-0.15, -0.1) is 0 Å². The largest absolute Gasteiger partial charge is 0.299 e. The van der Waals surface area contributed by atoms with Crippen molar-refractivity contribution in [2.45, 2.75) is 39.5 Å². The van der Waals surface area contributed by atoms with Crippen LogP contribution < -0.4 is 0 Å². The Morgan fingerprint density at radius 2 is 2.38 bits per heavy atom. The molecule has 0 radical (unpaired) electrons. The smallest absolute Gasteiger partial charge is 0.136 e. The van der Waals surface area contributed by atoms with Crippen LogP contribution in [-0.4, -0.2) is 5.78 Å². The Morgan fingerprint density at radius 3 is 2.92 bits per heavy atom. The van der Waals surface area contributed by atoms with Crippen molar-refractivity contribution >= 4 is 5.78 Å². The predicted octanol–water partition coefficient (Wildman–Crippen LogP) is 2.96. The molecule has 2 saturated carbocycles. The molecular formula is C12H18O. The van der Waals surface area contributed by atoms with Gasteiger partial charge in [-0.2, -0.15) is 0 Å². The summed E-state index contributed by atoms with van der Waals surface area (Å²) in [6.07, 6.45) is 8.68. The molecular weight excluding hydrogens is 160 g/mol. The molecule has 2 aliphatic rings. The molecule has 0 unspecified atom stereocenters. The van der Waals surface area contributed by atoms with Gasteiger partial charge in [-0.3, -0.25) is 4.79 Å². The Labute approximate surface area is 80.2 Å². The van der Waals surface area contributed by atoms with Gasteiger partial charge in [0.1, 0.15) is 5.78 Å². The molecule has 72 valence electrons. The van der Waals surface area contributed by atoms with Crippen molar-refractivity contribution in [3.63, 3.8) is 0 Å². The van der Waals surface area contributed by atoms with Gasteiger partial charge in [-0.25, -0.2) is 0 Å². The second-order valence-corrected chi connectivity index (χ2v) is 4.70. The van der Waals surface area contributed by atoms with Gasteiger partial charge < -0.3 is 0 Å². The Morgan fingerprint density at radius 1 is 1.62 bits per heavy atom. The van der Waals surface area contributed by atoms with Gasteiger partial charge in [0.15, 0.2) is 0 Å². The molecule has 1 heteroatoms. The topological polar surface area (TPSA) is 17.1 Å². The minimum absolute atomic E-state index is 0.415. The molecule has 0 amide bonds. The van der Waals surface area contributed by atoms with E-state index in [2.05, 4.69) is 26.0 Å². The van der Waals surface area contributed by atoms with Crippen molar-refractivity contribution < 1.29 is 4.79 Å². The summed E-state index contributed by atoms with van der Waals surface area (Å²) in [4.78, 5) is 11.4. The zero-order chi connectivity index (χ0) is 9.47. The highest BCUT2D eigenvalue weighted by atomic mass is 16.1. The van der Waals surface area contributed by atoms with Crippen molar-refractivity contribution in [3.05, 3.63) is 12.2 Å². The van der Waals surface area contributed by atoms with E-state index >= 15 is 0 Å². The fraction of sp³-hybridized carbons (Fsp3) is 0.750. The summed E-state index contributed by atoms with van der Waals surface area (Å²) in [6, 6.07) is 0. The molecule has 0 bridgehead atoms. The quantitative estimate of drug-likeness (QED) is 0.607. The number of fused-ring (bicyclic) bond motifs is 1. The van der Waals surface area contributed by atoms with Crippen molar-refractivity contribution in [1.29, 1.82) is 0 Å². The number of hydrogen-bond donors (Lipinski definition) is 0. The van der Waals surface area contributed by atoms with Gasteiger partial charge in [0, 0.05) is 12.3 Å². The van der Waals surface area contributed by atoms with E-state index in [0.717, 1.165) is 19.3 Å². The summed E-state index contributed by atoms with van der Waals surface area (Å²) in [6.45, 7) is 4.35. The number of Topliss-reactive ketones (excluding diaryl/α,β-unsaturated/α-hetero) is 1. The maximum Gasteiger partial charge on any atom is 0.136 e. The van der Waals surface area contributed by atoms with E-state index in [1.807, 2.05) is 0 Å². The lowest BCUT2D eigenvalue weighted by atomic mass is 9.99. The number of carbonyl (C=O) groups excluding carboxylic acids is 1. The summed E-state index contributed by atoms with van der Waals surface area (Å²) < 4.78 is 0. The maximum absolute atomic E-state index is 11.4. The van der Waals surface area contributed by atoms with Crippen LogP contribution in [0.4, 0.5) is 0 Å². The highest BCUT2D eigenvalue weighted by Crippen LogP contribution is 2.68. The monoisotopic (exact) mass is 178 g/mol. The van der Waals surface area contributed by atoms with E-state index in [1.165, 1.54) is 6.42 Å². The average molecular weight is 178 g/mol. The van der Waals surface area contributed by atoms with E-state index < -0.39 is 0 Å². The van der Waals surface area contributed by atoms with Crippen LogP contribution in [0, 0.1) is 17.3 Å². The van der Waals surface area contributed by atoms with Crippen LogP contribution in [0.3, 0.4) is 0 Å². The van der Waals surface area contributed by atoms with Gasteiger partial charge in [0.05, 0.1) is 0 Å². The van der Waals surface area contributed by atoms with Crippen LogP contribution >= 0.6 is 0 Å². The summed E-state index contributed by atoms with van der Waals surface area (Å²) >= 11 is 0. The summed E-state index contributed by atoms with van der Waals surface area (Å²) in [5.74, 6) is 1.69. The van der Waals surface area contributed by atoms with E-state index in [-0.39, 0.29) is 0 Å².